The molecule has 0 bridgehead atoms. The van der Waals surface area contributed by atoms with Crippen LogP contribution in [0.25, 0.3) is 0 Å². The van der Waals surface area contributed by atoms with E-state index in [0.717, 1.165) is 0 Å². The number of carbonyl (C=O) groups excluding carboxylic acids is 4. The Bertz CT molecular complexity index is 298. The summed E-state index contributed by atoms with van der Waals surface area (Å²) < 4.78 is 3.97. The predicted octanol–water partition coefficient (Wildman–Crippen LogP) is 0.155. The van der Waals surface area contributed by atoms with Crippen molar-refractivity contribution in [2.24, 2.45) is 5.92 Å². The zero-order chi connectivity index (χ0) is 12.7. The quantitative estimate of drug-likeness (QED) is 0.363. The molecule has 1 fully saturated rings. The van der Waals surface area contributed by atoms with Crippen LogP contribution in [-0.4, -0.2) is 23.8 Å². The van der Waals surface area contributed by atoms with Crippen molar-refractivity contribution in [3.63, 3.8) is 0 Å². The summed E-state index contributed by atoms with van der Waals surface area (Å²) in [6, 6.07) is 0. The molecular weight excluding hydrogens is 214 g/mol. The molecule has 1 aliphatic rings. The van der Waals surface area contributed by atoms with Crippen molar-refractivity contribution < 1.29 is 23.9 Å². The molecule has 1 aliphatic heterocycles. The fourth-order valence-corrected chi connectivity index (χ4v) is 1.00. The summed E-state index contributed by atoms with van der Waals surface area (Å²) in [5, 5.41) is 2.25. The Morgan fingerprint density at radius 3 is 2.00 bits per heavy atom. The van der Waals surface area contributed by atoms with Crippen LogP contribution in [0.1, 0.15) is 33.6 Å². The third-order valence-electron chi connectivity index (χ3n) is 1.80. The second-order valence-electron chi connectivity index (χ2n) is 3.44. The number of nitrogens with one attached hydrogen (secondary N) is 1. The van der Waals surface area contributed by atoms with Gasteiger partial charge in [-0.1, -0.05) is 6.92 Å². The third kappa shape index (κ3) is 6.69. The molecule has 1 saturated heterocycles. The fourth-order valence-electron chi connectivity index (χ4n) is 1.00. The third-order valence-corrected chi connectivity index (χ3v) is 1.80. The lowest BCUT2D eigenvalue weighted by Crippen LogP contribution is -2.39. The molecule has 0 aromatic heterocycles. The molecule has 0 aromatic rings. The van der Waals surface area contributed by atoms with Crippen LogP contribution in [0.3, 0.4) is 0 Å². The van der Waals surface area contributed by atoms with Crippen LogP contribution in [0.4, 0.5) is 0 Å². The highest BCUT2D eigenvalue weighted by molar-refractivity contribution is 5.98. The standard InChI is InChI=1S/C6H9NO2.C4H6O3/c1-4-2-3-5(8)7-6(4)9;1-3(5)7-4(2)6/h4H,2-3H2,1H3,(H,7,8,9);1-2H3. The van der Waals surface area contributed by atoms with Gasteiger partial charge in [0.05, 0.1) is 0 Å². The first kappa shape index (κ1) is 14.3. The minimum Gasteiger partial charge on any atom is -0.394 e. The number of hydrogen-bond acceptors (Lipinski definition) is 5. The summed E-state index contributed by atoms with van der Waals surface area (Å²) in [6.45, 7) is 4.19. The molecule has 0 aliphatic carbocycles. The van der Waals surface area contributed by atoms with Crippen LogP contribution in [0.5, 0.6) is 0 Å². The van der Waals surface area contributed by atoms with E-state index in [0.29, 0.717) is 12.8 Å². The Labute approximate surface area is 93.3 Å². The number of imide groups is 1. The lowest BCUT2D eigenvalue weighted by atomic mass is 10.0. The van der Waals surface area contributed by atoms with Crippen LogP contribution in [0.15, 0.2) is 0 Å². The first-order valence-electron chi connectivity index (χ1n) is 4.85. The zero-order valence-corrected chi connectivity index (χ0v) is 9.53. The number of hydrogen-bond donors (Lipinski definition) is 1. The molecule has 1 atom stereocenters. The highest BCUT2D eigenvalue weighted by atomic mass is 16.6. The van der Waals surface area contributed by atoms with Crippen molar-refractivity contribution in [1.82, 2.24) is 5.32 Å². The maximum absolute atomic E-state index is 10.7. The molecular formula is C10H15NO5. The Morgan fingerprint density at radius 2 is 1.75 bits per heavy atom. The van der Waals surface area contributed by atoms with Gasteiger partial charge in [-0.05, 0) is 6.42 Å². The summed E-state index contributed by atoms with van der Waals surface area (Å²) in [7, 11) is 0. The molecule has 6 nitrogen and oxygen atoms in total. The summed E-state index contributed by atoms with van der Waals surface area (Å²) in [6.07, 6.45) is 1.19. The number of carbonyl (C=O) groups is 4. The second-order valence-corrected chi connectivity index (χ2v) is 3.44. The Hall–Kier alpha value is -1.72. The van der Waals surface area contributed by atoms with Gasteiger partial charge in [0.15, 0.2) is 0 Å². The Balaban J connectivity index is 0.000000293. The highest BCUT2D eigenvalue weighted by Gasteiger charge is 2.21. The van der Waals surface area contributed by atoms with Crippen LogP contribution >= 0.6 is 0 Å². The second kappa shape index (κ2) is 6.71. The molecule has 1 unspecified atom stereocenters. The number of ether oxygens (including phenoxy) is 1. The van der Waals surface area contributed by atoms with Gasteiger partial charge in [0.25, 0.3) is 0 Å². The van der Waals surface area contributed by atoms with E-state index < -0.39 is 11.9 Å². The van der Waals surface area contributed by atoms with E-state index in [1.165, 1.54) is 13.8 Å². The van der Waals surface area contributed by atoms with Gasteiger partial charge in [0.2, 0.25) is 11.8 Å². The van der Waals surface area contributed by atoms with Gasteiger partial charge in [-0.25, -0.2) is 0 Å². The van der Waals surface area contributed by atoms with Crippen molar-refractivity contribution >= 4 is 23.8 Å². The molecule has 1 rings (SSSR count). The van der Waals surface area contributed by atoms with Gasteiger partial charge in [0.1, 0.15) is 0 Å². The summed E-state index contributed by atoms with van der Waals surface area (Å²) >= 11 is 0. The number of piperidine rings is 1. The minimum atomic E-state index is -0.562. The Kier molecular flexibility index (Phi) is 5.99. The number of esters is 2. The van der Waals surface area contributed by atoms with E-state index in [1.54, 1.807) is 0 Å². The maximum atomic E-state index is 10.7. The molecule has 16 heavy (non-hydrogen) atoms. The molecule has 2 amide bonds. The molecule has 0 spiro atoms. The topological polar surface area (TPSA) is 89.5 Å². The van der Waals surface area contributed by atoms with E-state index in [1.807, 2.05) is 6.92 Å². The average molecular weight is 229 g/mol. The molecule has 1 heterocycles. The van der Waals surface area contributed by atoms with E-state index in [2.05, 4.69) is 10.1 Å². The van der Waals surface area contributed by atoms with Crippen LogP contribution in [0, 0.1) is 5.92 Å². The molecule has 0 aromatic carbocycles. The molecule has 1 N–H and O–H groups in total. The monoisotopic (exact) mass is 229 g/mol. The van der Waals surface area contributed by atoms with Gasteiger partial charge in [0, 0.05) is 26.2 Å². The van der Waals surface area contributed by atoms with E-state index >= 15 is 0 Å². The molecule has 90 valence electrons. The molecule has 6 heteroatoms. The van der Waals surface area contributed by atoms with Crippen LogP contribution in [0.2, 0.25) is 0 Å². The minimum absolute atomic E-state index is 0.0164. The smallest absolute Gasteiger partial charge is 0.310 e. The molecule has 0 radical (unpaired) electrons. The summed E-state index contributed by atoms with van der Waals surface area (Å²) in [4.78, 5) is 40.8. The van der Waals surface area contributed by atoms with Gasteiger partial charge >= 0.3 is 11.9 Å². The van der Waals surface area contributed by atoms with Crippen LogP contribution in [-0.2, 0) is 23.9 Å². The average Bonchev–Trinajstić information content (AvgIpc) is 2.10. The van der Waals surface area contributed by atoms with Crippen molar-refractivity contribution in [2.45, 2.75) is 33.6 Å². The lowest BCUT2D eigenvalue weighted by Gasteiger charge is -2.15. The summed E-state index contributed by atoms with van der Waals surface area (Å²) in [5.74, 6) is -1.38. The predicted molar refractivity (Wildman–Crippen MR) is 54.0 cm³/mol. The highest BCUT2D eigenvalue weighted by Crippen LogP contribution is 2.09. The normalized spacial score (nSPS) is 19.1. The zero-order valence-electron chi connectivity index (χ0n) is 9.53. The van der Waals surface area contributed by atoms with E-state index in [4.69, 9.17) is 0 Å². The van der Waals surface area contributed by atoms with Crippen molar-refractivity contribution in [2.75, 3.05) is 0 Å². The Morgan fingerprint density at radius 1 is 1.25 bits per heavy atom. The van der Waals surface area contributed by atoms with Crippen LogP contribution < -0.4 is 5.32 Å². The first-order valence-corrected chi connectivity index (χ1v) is 4.85. The van der Waals surface area contributed by atoms with Crippen molar-refractivity contribution in [1.29, 1.82) is 0 Å². The van der Waals surface area contributed by atoms with E-state index in [-0.39, 0.29) is 17.7 Å². The SMILES string of the molecule is CC(=O)OC(C)=O.CC1CCC(=O)NC1=O. The first-order chi connectivity index (χ1) is 7.32. The van der Waals surface area contributed by atoms with Crippen molar-refractivity contribution in [3.8, 4) is 0 Å². The lowest BCUT2D eigenvalue weighted by molar-refractivity contribution is -0.156. The largest absolute Gasteiger partial charge is 0.394 e. The van der Waals surface area contributed by atoms with Gasteiger partial charge in [-0.15, -0.1) is 0 Å². The summed E-state index contributed by atoms with van der Waals surface area (Å²) in [5.41, 5.74) is 0. The number of amides is 2. The number of rotatable bonds is 0. The van der Waals surface area contributed by atoms with E-state index in [9.17, 15) is 19.2 Å². The van der Waals surface area contributed by atoms with Gasteiger partial charge in [-0.2, -0.15) is 0 Å². The maximum Gasteiger partial charge on any atom is 0.310 e. The molecule has 0 saturated carbocycles. The van der Waals surface area contributed by atoms with Crippen molar-refractivity contribution in [3.05, 3.63) is 0 Å². The fraction of sp³-hybridized carbons (Fsp3) is 0.600. The van der Waals surface area contributed by atoms with Gasteiger partial charge in [-0.3, -0.25) is 24.5 Å². The van der Waals surface area contributed by atoms with Gasteiger partial charge < -0.3 is 4.74 Å².